The van der Waals surface area contributed by atoms with E-state index in [1.165, 1.54) is 11.1 Å². The molecule has 0 aliphatic carbocycles. The Labute approximate surface area is 137 Å². The van der Waals surface area contributed by atoms with Gasteiger partial charge in [-0.3, -0.25) is 4.79 Å². The average Bonchev–Trinajstić information content (AvgIpc) is 2.57. The van der Waals surface area contributed by atoms with Crippen LogP contribution in [0.3, 0.4) is 0 Å². The maximum atomic E-state index is 11.9. The highest BCUT2D eigenvalue weighted by molar-refractivity contribution is 5.94. The Hall–Kier alpha value is -2.33. The second-order valence-corrected chi connectivity index (χ2v) is 5.80. The molecule has 4 nitrogen and oxygen atoms in total. The molecule has 4 heteroatoms. The summed E-state index contributed by atoms with van der Waals surface area (Å²) in [5.41, 5.74) is 4.15. The first-order valence-corrected chi connectivity index (χ1v) is 7.89. The van der Waals surface area contributed by atoms with Gasteiger partial charge >= 0.3 is 0 Å². The Morgan fingerprint density at radius 3 is 2.35 bits per heavy atom. The van der Waals surface area contributed by atoms with Gasteiger partial charge in [0.1, 0.15) is 0 Å². The molecule has 0 radical (unpaired) electrons. The van der Waals surface area contributed by atoms with E-state index in [4.69, 9.17) is 5.11 Å². The van der Waals surface area contributed by atoms with Gasteiger partial charge in [0.05, 0.1) is 6.61 Å². The fraction of sp³-hybridized carbons (Fsp3) is 0.316. The van der Waals surface area contributed by atoms with E-state index in [-0.39, 0.29) is 18.6 Å². The number of aryl methyl sites for hydroxylation is 1. The summed E-state index contributed by atoms with van der Waals surface area (Å²) >= 11 is 0. The maximum Gasteiger partial charge on any atom is 0.251 e. The first kappa shape index (κ1) is 17.0. The molecule has 23 heavy (non-hydrogen) atoms. The summed E-state index contributed by atoms with van der Waals surface area (Å²) in [5, 5.41) is 15.0. The summed E-state index contributed by atoms with van der Waals surface area (Å²) in [5.74, 6) is -0.169. The molecular weight excluding hydrogens is 288 g/mol. The van der Waals surface area contributed by atoms with Crippen molar-refractivity contribution in [2.75, 3.05) is 18.5 Å². The predicted octanol–water partition coefficient (Wildman–Crippen LogP) is 2.76. The Bertz CT molecular complexity index is 621. The van der Waals surface area contributed by atoms with Crippen molar-refractivity contribution in [3.8, 4) is 0 Å². The van der Waals surface area contributed by atoms with E-state index in [9.17, 15) is 4.79 Å². The zero-order valence-electron chi connectivity index (χ0n) is 13.7. The lowest BCUT2D eigenvalue weighted by Gasteiger charge is -2.11. The van der Waals surface area contributed by atoms with E-state index < -0.39 is 0 Å². The number of aliphatic hydroxyl groups excluding tert-OH is 1. The van der Waals surface area contributed by atoms with E-state index >= 15 is 0 Å². The minimum Gasteiger partial charge on any atom is -0.394 e. The van der Waals surface area contributed by atoms with Gasteiger partial charge in [-0.25, -0.2) is 0 Å². The third kappa shape index (κ3) is 5.42. The lowest BCUT2D eigenvalue weighted by atomic mass is 10.1. The molecule has 1 atom stereocenters. The zero-order chi connectivity index (χ0) is 16.7. The van der Waals surface area contributed by atoms with Crippen molar-refractivity contribution >= 4 is 11.6 Å². The van der Waals surface area contributed by atoms with E-state index in [2.05, 4.69) is 41.8 Å². The van der Waals surface area contributed by atoms with Gasteiger partial charge in [-0.1, -0.05) is 29.8 Å². The van der Waals surface area contributed by atoms with Crippen LogP contribution in [0.15, 0.2) is 48.5 Å². The van der Waals surface area contributed by atoms with Gasteiger partial charge in [-0.05, 0) is 50.1 Å². The predicted molar refractivity (Wildman–Crippen MR) is 93.8 cm³/mol. The highest BCUT2D eigenvalue weighted by Crippen LogP contribution is 2.10. The van der Waals surface area contributed by atoms with Crippen LogP contribution in [0.5, 0.6) is 0 Å². The second-order valence-electron chi connectivity index (χ2n) is 5.80. The third-order valence-corrected chi connectivity index (χ3v) is 3.66. The van der Waals surface area contributed by atoms with Crippen LogP contribution in [0.25, 0.3) is 0 Å². The zero-order valence-corrected chi connectivity index (χ0v) is 13.7. The Balaban J connectivity index is 1.82. The van der Waals surface area contributed by atoms with Crippen LogP contribution in [0.4, 0.5) is 5.69 Å². The molecule has 0 bridgehead atoms. The SMILES string of the molecule is Cc1ccc(CCNc2ccc(C(=O)NC(C)CO)cc2)cc1. The van der Waals surface area contributed by atoms with Gasteiger partial charge in [-0.15, -0.1) is 0 Å². The number of hydrogen-bond acceptors (Lipinski definition) is 3. The second kappa shape index (κ2) is 8.34. The van der Waals surface area contributed by atoms with Crippen molar-refractivity contribution < 1.29 is 9.90 Å². The van der Waals surface area contributed by atoms with Crippen LogP contribution in [0.2, 0.25) is 0 Å². The highest BCUT2D eigenvalue weighted by Gasteiger charge is 2.08. The monoisotopic (exact) mass is 312 g/mol. The molecule has 0 saturated carbocycles. The van der Waals surface area contributed by atoms with E-state index in [1.54, 1.807) is 19.1 Å². The number of benzene rings is 2. The Morgan fingerprint density at radius 2 is 1.74 bits per heavy atom. The normalized spacial score (nSPS) is 11.8. The van der Waals surface area contributed by atoms with Gasteiger partial charge in [0.2, 0.25) is 0 Å². The van der Waals surface area contributed by atoms with Crippen molar-refractivity contribution in [3.63, 3.8) is 0 Å². The molecule has 122 valence electrons. The van der Waals surface area contributed by atoms with Crippen LogP contribution >= 0.6 is 0 Å². The maximum absolute atomic E-state index is 11.9. The van der Waals surface area contributed by atoms with Crippen LogP contribution < -0.4 is 10.6 Å². The number of carbonyl (C=O) groups excluding carboxylic acids is 1. The quantitative estimate of drug-likeness (QED) is 0.737. The standard InChI is InChI=1S/C19H24N2O2/c1-14-3-5-16(6-4-14)11-12-20-18-9-7-17(8-10-18)19(23)21-15(2)13-22/h3-10,15,20,22H,11-13H2,1-2H3,(H,21,23). The molecule has 2 rings (SSSR count). The smallest absolute Gasteiger partial charge is 0.251 e. The molecule has 0 aliphatic rings. The highest BCUT2D eigenvalue weighted by atomic mass is 16.3. The molecular formula is C19H24N2O2. The van der Waals surface area contributed by atoms with Gasteiger partial charge in [-0.2, -0.15) is 0 Å². The van der Waals surface area contributed by atoms with Gasteiger partial charge < -0.3 is 15.7 Å². The van der Waals surface area contributed by atoms with E-state index in [1.807, 2.05) is 12.1 Å². The average molecular weight is 312 g/mol. The van der Waals surface area contributed by atoms with Crippen LogP contribution in [0.1, 0.15) is 28.4 Å². The fourth-order valence-electron chi connectivity index (χ4n) is 2.20. The minimum absolute atomic E-state index is 0.0651. The van der Waals surface area contributed by atoms with E-state index in [0.29, 0.717) is 5.56 Å². The first-order valence-electron chi connectivity index (χ1n) is 7.89. The summed E-state index contributed by atoms with van der Waals surface area (Å²) in [6.45, 7) is 4.63. The van der Waals surface area contributed by atoms with Crippen molar-refractivity contribution in [1.29, 1.82) is 0 Å². The molecule has 0 aromatic heterocycles. The number of anilines is 1. The summed E-state index contributed by atoms with van der Waals surface area (Å²) in [6, 6.07) is 15.7. The lowest BCUT2D eigenvalue weighted by molar-refractivity contribution is 0.0922. The summed E-state index contributed by atoms with van der Waals surface area (Å²) in [4.78, 5) is 11.9. The lowest BCUT2D eigenvalue weighted by Crippen LogP contribution is -2.34. The van der Waals surface area contributed by atoms with Crippen molar-refractivity contribution in [2.24, 2.45) is 0 Å². The number of nitrogens with one attached hydrogen (secondary N) is 2. The number of aliphatic hydroxyl groups is 1. The Kier molecular flexibility index (Phi) is 6.18. The van der Waals surface area contributed by atoms with Gasteiger partial charge in [0.15, 0.2) is 0 Å². The molecule has 1 unspecified atom stereocenters. The number of carbonyl (C=O) groups is 1. The minimum atomic E-state index is -0.241. The Morgan fingerprint density at radius 1 is 1.09 bits per heavy atom. The largest absolute Gasteiger partial charge is 0.394 e. The number of amides is 1. The van der Waals surface area contributed by atoms with Crippen molar-refractivity contribution in [1.82, 2.24) is 5.32 Å². The molecule has 2 aromatic rings. The van der Waals surface area contributed by atoms with E-state index in [0.717, 1.165) is 18.7 Å². The molecule has 2 aromatic carbocycles. The summed E-state index contributed by atoms with van der Waals surface area (Å²) in [7, 11) is 0. The third-order valence-electron chi connectivity index (χ3n) is 3.66. The molecule has 1 amide bonds. The molecule has 3 N–H and O–H groups in total. The molecule has 0 aliphatic heterocycles. The molecule has 0 heterocycles. The number of rotatable bonds is 7. The summed E-state index contributed by atoms with van der Waals surface area (Å²) in [6.07, 6.45) is 0.955. The van der Waals surface area contributed by atoms with Gasteiger partial charge in [0, 0.05) is 23.8 Å². The summed E-state index contributed by atoms with van der Waals surface area (Å²) < 4.78 is 0. The molecule has 0 spiro atoms. The van der Waals surface area contributed by atoms with Crippen molar-refractivity contribution in [3.05, 3.63) is 65.2 Å². The van der Waals surface area contributed by atoms with Gasteiger partial charge in [0.25, 0.3) is 5.91 Å². The van der Waals surface area contributed by atoms with Crippen molar-refractivity contribution in [2.45, 2.75) is 26.3 Å². The number of hydrogen-bond donors (Lipinski definition) is 3. The fourth-order valence-corrected chi connectivity index (χ4v) is 2.20. The van der Waals surface area contributed by atoms with Crippen LogP contribution in [-0.2, 0) is 6.42 Å². The van der Waals surface area contributed by atoms with Crippen LogP contribution in [0, 0.1) is 6.92 Å². The molecule has 0 fully saturated rings. The molecule has 0 saturated heterocycles. The van der Waals surface area contributed by atoms with Crippen LogP contribution in [-0.4, -0.2) is 30.2 Å². The topological polar surface area (TPSA) is 61.4 Å². The first-order chi connectivity index (χ1) is 11.1.